The molecule has 1 aliphatic rings. The maximum Gasteiger partial charge on any atom is 0.223 e. The summed E-state index contributed by atoms with van der Waals surface area (Å²) in [5, 5.41) is 0.532. The Kier molecular flexibility index (Phi) is 5.92. The number of carbonyl (C=O) groups excluding carboxylic acids is 2. The number of hydrogen-bond acceptors (Lipinski definition) is 5. The van der Waals surface area contributed by atoms with E-state index in [1.807, 2.05) is 49.4 Å². The first-order valence-electron chi connectivity index (χ1n) is 10.1. The molecule has 0 N–H and O–H groups in total. The van der Waals surface area contributed by atoms with Crippen molar-refractivity contribution in [3.05, 3.63) is 53.6 Å². The normalized spacial score (nSPS) is 14.2. The highest BCUT2D eigenvalue weighted by Gasteiger charge is 2.25. The van der Waals surface area contributed by atoms with E-state index in [2.05, 4.69) is 4.57 Å². The number of ketones is 1. The zero-order valence-corrected chi connectivity index (χ0v) is 18.2. The number of Topliss-reactive ketones (excluding diaryl/α,β-unsaturated/α-hetero) is 1. The van der Waals surface area contributed by atoms with Gasteiger partial charge in [-0.25, -0.2) is 4.98 Å². The number of benzene rings is 2. The number of aromatic nitrogens is 2. The fraction of sp³-hybridized carbons (Fsp3) is 0.348. The Morgan fingerprint density at radius 3 is 2.80 bits per heavy atom. The number of nitrogens with zero attached hydrogens (tertiary/aromatic N) is 3. The molecule has 0 aliphatic carbocycles. The molecule has 3 aromatic rings. The van der Waals surface area contributed by atoms with Crippen LogP contribution in [0.1, 0.15) is 29.8 Å². The van der Waals surface area contributed by atoms with Crippen LogP contribution in [0, 0.1) is 0 Å². The monoisotopic (exact) mass is 423 g/mol. The molecule has 1 atom stereocenters. The van der Waals surface area contributed by atoms with Crippen molar-refractivity contribution in [2.45, 2.75) is 37.2 Å². The van der Waals surface area contributed by atoms with Crippen LogP contribution >= 0.6 is 11.8 Å². The summed E-state index contributed by atoms with van der Waals surface area (Å²) in [5.41, 5.74) is 4.61. The summed E-state index contributed by atoms with van der Waals surface area (Å²) in [4.78, 5) is 31.4. The van der Waals surface area contributed by atoms with Gasteiger partial charge in [0, 0.05) is 38.4 Å². The average molecular weight is 424 g/mol. The van der Waals surface area contributed by atoms with Gasteiger partial charge in [0.25, 0.3) is 0 Å². The second-order valence-electron chi connectivity index (χ2n) is 7.42. The lowest BCUT2D eigenvalue weighted by Crippen LogP contribution is -2.25. The average Bonchev–Trinajstić information content (AvgIpc) is 3.32. The van der Waals surface area contributed by atoms with Crippen molar-refractivity contribution in [3.63, 3.8) is 0 Å². The SMILES string of the molecule is COCCn1c(S[C@@H](C)C(=O)c2ccc3c(c2)CCN3C(C)=O)nc2ccccc21. The van der Waals surface area contributed by atoms with E-state index in [1.54, 1.807) is 18.9 Å². The van der Waals surface area contributed by atoms with Gasteiger partial charge in [-0.3, -0.25) is 9.59 Å². The summed E-state index contributed by atoms with van der Waals surface area (Å²) in [6, 6.07) is 13.6. The van der Waals surface area contributed by atoms with Gasteiger partial charge in [-0.2, -0.15) is 0 Å². The first-order chi connectivity index (χ1) is 14.5. The molecule has 0 unspecified atom stereocenters. The first kappa shape index (κ1) is 20.6. The second-order valence-corrected chi connectivity index (χ2v) is 8.72. The lowest BCUT2D eigenvalue weighted by Gasteiger charge is -2.16. The van der Waals surface area contributed by atoms with E-state index in [0.717, 1.165) is 33.9 Å². The van der Waals surface area contributed by atoms with Crippen molar-refractivity contribution < 1.29 is 14.3 Å². The van der Waals surface area contributed by atoms with Crippen LogP contribution in [0.4, 0.5) is 5.69 Å². The number of methoxy groups -OCH3 is 1. The Balaban J connectivity index is 1.57. The van der Waals surface area contributed by atoms with E-state index in [-0.39, 0.29) is 16.9 Å². The quantitative estimate of drug-likeness (QED) is 0.425. The fourth-order valence-electron chi connectivity index (χ4n) is 3.87. The zero-order chi connectivity index (χ0) is 21.3. The molecule has 0 saturated carbocycles. The van der Waals surface area contributed by atoms with Crippen molar-refractivity contribution in [2.24, 2.45) is 0 Å². The molecule has 1 aromatic heterocycles. The van der Waals surface area contributed by atoms with Crippen molar-refractivity contribution in [3.8, 4) is 0 Å². The summed E-state index contributed by atoms with van der Waals surface area (Å²) < 4.78 is 7.37. The molecule has 30 heavy (non-hydrogen) atoms. The molecule has 0 fully saturated rings. The lowest BCUT2D eigenvalue weighted by molar-refractivity contribution is -0.116. The van der Waals surface area contributed by atoms with Crippen molar-refractivity contribution in [2.75, 3.05) is 25.2 Å². The molecule has 1 aliphatic heterocycles. The van der Waals surface area contributed by atoms with Gasteiger partial charge in [0.1, 0.15) is 0 Å². The molecule has 6 nitrogen and oxygen atoms in total. The summed E-state index contributed by atoms with van der Waals surface area (Å²) in [7, 11) is 1.68. The maximum atomic E-state index is 13.1. The summed E-state index contributed by atoms with van der Waals surface area (Å²) >= 11 is 1.47. The number of amides is 1. The molecule has 0 spiro atoms. The molecule has 2 heterocycles. The topological polar surface area (TPSA) is 64.4 Å². The van der Waals surface area contributed by atoms with E-state index in [4.69, 9.17) is 9.72 Å². The van der Waals surface area contributed by atoms with Crippen LogP contribution in [-0.2, 0) is 22.5 Å². The third-order valence-corrected chi connectivity index (χ3v) is 6.52. The molecular weight excluding hydrogens is 398 g/mol. The number of imidazole rings is 1. The molecular formula is C23H25N3O3S. The van der Waals surface area contributed by atoms with Crippen LogP contribution in [0.15, 0.2) is 47.6 Å². The highest BCUT2D eigenvalue weighted by Crippen LogP contribution is 2.32. The first-order valence-corrected chi connectivity index (χ1v) is 10.9. The minimum absolute atomic E-state index is 0.0340. The Morgan fingerprint density at radius 1 is 1.23 bits per heavy atom. The van der Waals surface area contributed by atoms with Crippen LogP contribution in [-0.4, -0.2) is 46.8 Å². The van der Waals surface area contributed by atoms with Gasteiger partial charge in [-0.1, -0.05) is 23.9 Å². The van der Waals surface area contributed by atoms with Crippen LogP contribution in [0.5, 0.6) is 0 Å². The molecule has 4 rings (SSSR count). The number of para-hydroxylation sites is 2. The van der Waals surface area contributed by atoms with Gasteiger partial charge < -0.3 is 14.2 Å². The Bertz CT molecular complexity index is 1110. The van der Waals surface area contributed by atoms with Crippen molar-refractivity contribution in [1.29, 1.82) is 0 Å². The van der Waals surface area contributed by atoms with Crippen LogP contribution in [0.3, 0.4) is 0 Å². The second kappa shape index (κ2) is 8.62. The summed E-state index contributed by atoms with van der Waals surface area (Å²) in [6.45, 7) is 5.43. The van der Waals surface area contributed by atoms with E-state index < -0.39 is 0 Å². The van der Waals surface area contributed by atoms with Gasteiger partial charge >= 0.3 is 0 Å². The molecule has 0 bridgehead atoms. The van der Waals surface area contributed by atoms with E-state index in [9.17, 15) is 9.59 Å². The molecule has 1 amide bonds. The number of carbonyl (C=O) groups is 2. The fourth-order valence-corrected chi connectivity index (χ4v) is 4.90. The highest BCUT2D eigenvalue weighted by atomic mass is 32.2. The lowest BCUT2D eigenvalue weighted by atomic mass is 10.0. The Hall–Kier alpha value is -2.64. The number of anilines is 1. The third kappa shape index (κ3) is 3.87. The van der Waals surface area contributed by atoms with Crippen LogP contribution in [0.2, 0.25) is 0 Å². The van der Waals surface area contributed by atoms with Gasteiger partial charge in [-0.15, -0.1) is 0 Å². The molecule has 7 heteroatoms. The van der Waals surface area contributed by atoms with Crippen LogP contribution in [0.25, 0.3) is 11.0 Å². The zero-order valence-electron chi connectivity index (χ0n) is 17.4. The number of fused-ring (bicyclic) bond motifs is 2. The number of rotatable bonds is 7. The van der Waals surface area contributed by atoms with E-state index in [1.165, 1.54) is 11.8 Å². The molecule has 156 valence electrons. The largest absolute Gasteiger partial charge is 0.383 e. The Labute approximate surface area is 180 Å². The predicted molar refractivity (Wildman–Crippen MR) is 119 cm³/mol. The van der Waals surface area contributed by atoms with Crippen molar-refractivity contribution >= 4 is 40.2 Å². The van der Waals surface area contributed by atoms with E-state index in [0.29, 0.717) is 25.3 Å². The van der Waals surface area contributed by atoms with Gasteiger partial charge in [-0.05, 0) is 49.2 Å². The standard InChI is InChI=1S/C23H25N3O3S/c1-15(22(28)18-8-9-20-17(14-18)10-11-25(20)16(2)27)30-23-24-19-6-4-5-7-21(19)26(23)12-13-29-3/h4-9,14-15H,10-13H2,1-3H3/t15-/m0/s1. The third-order valence-electron chi connectivity index (χ3n) is 5.43. The number of thioether (sulfide) groups is 1. The number of ether oxygens (including phenoxy) is 1. The predicted octanol–water partition coefficient (Wildman–Crippen LogP) is 3.96. The minimum Gasteiger partial charge on any atom is -0.383 e. The Morgan fingerprint density at radius 2 is 2.03 bits per heavy atom. The summed E-state index contributed by atoms with van der Waals surface area (Å²) in [6.07, 6.45) is 0.782. The highest BCUT2D eigenvalue weighted by molar-refractivity contribution is 8.00. The minimum atomic E-state index is -0.286. The van der Waals surface area contributed by atoms with Crippen molar-refractivity contribution in [1.82, 2.24) is 9.55 Å². The number of hydrogen-bond donors (Lipinski definition) is 0. The van der Waals surface area contributed by atoms with Crippen LogP contribution < -0.4 is 4.90 Å². The van der Waals surface area contributed by atoms with Gasteiger partial charge in [0.2, 0.25) is 5.91 Å². The van der Waals surface area contributed by atoms with E-state index >= 15 is 0 Å². The molecule has 0 radical (unpaired) electrons. The van der Waals surface area contributed by atoms with Gasteiger partial charge in [0.05, 0.1) is 22.9 Å². The smallest absolute Gasteiger partial charge is 0.223 e. The molecule has 2 aromatic carbocycles. The maximum absolute atomic E-state index is 13.1. The van der Waals surface area contributed by atoms with Gasteiger partial charge in [0.15, 0.2) is 10.9 Å². The molecule has 0 saturated heterocycles. The summed E-state index contributed by atoms with van der Waals surface area (Å²) in [5.74, 6) is 0.0983.